The van der Waals surface area contributed by atoms with Gasteiger partial charge < -0.3 is 5.11 Å². The van der Waals surface area contributed by atoms with Crippen LogP contribution in [0.1, 0.15) is 51.9 Å². The number of rotatable bonds is 2. The average Bonchev–Trinajstić information content (AvgIpc) is 2.27. The van der Waals surface area contributed by atoms with E-state index in [4.69, 9.17) is 5.11 Å². The maximum absolute atomic E-state index is 11.0. The van der Waals surface area contributed by atoms with Crippen LogP contribution in [-0.4, -0.2) is 11.1 Å². The zero-order chi connectivity index (χ0) is 10.8. The Morgan fingerprint density at radius 1 is 1.13 bits per heavy atom. The third kappa shape index (κ3) is 2.35. The lowest BCUT2D eigenvalue weighted by molar-refractivity contribution is -0.143. The van der Waals surface area contributed by atoms with E-state index in [0.717, 1.165) is 18.3 Å². The minimum atomic E-state index is -0.603. The second kappa shape index (κ2) is 4.54. The number of carbonyl (C=O) groups is 1. The van der Waals surface area contributed by atoms with Gasteiger partial charge in [0, 0.05) is 0 Å². The summed E-state index contributed by atoms with van der Waals surface area (Å²) >= 11 is 0. The molecule has 2 rings (SSSR count). The van der Waals surface area contributed by atoms with E-state index >= 15 is 0 Å². The molecular weight excluding hydrogens is 188 g/mol. The topological polar surface area (TPSA) is 37.3 Å². The van der Waals surface area contributed by atoms with Crippen molar-refractivity contribution < 1.29 is 9.90 Å². The first-order chi connectivity index (χ1) is 7.18. The Morgan fingerprint density at radius 3 is 2.47 bits per heavy atom. The lowest BCUT2D eigenvalue weighted by atomic mass is 9.65. The van der Waals surface area contributed by atoms with Crippen LogP contribution in [0.4, 0.5) is 0 Å². The van der Waals surface area contributed by atoms with Crippen LogP contribution in [0.2, 0.25) is 0 Å². The van der Waals surface area contributed by atoms with Gasteiger partial charge >= 0.3 is 5.97 Å². The predicted molar refractivity (Wildman–Crippen MR) is 59.6 cm³/mol. The molecule has 0 bridgehead atoms. The molecule has 0 radical (unpaired) electrons. The van der Waals surface area contributed by atoms with Gasteiger partial charge in [-0.25, -0.2) is 0 Å². The van der Waals surface area contributed by atoms with Crippen molar-refractivity contribution in [3.63, 3.8) is 0 Å². The molecule has 0 aliphatic heterocycles. The van der Waals surface area contributed by atoms with Crippen molar-refractivity contribution in [3.05, 3.63) is 0 Å². The number of fused-ring (bicyclic) bond motifs is 1. The molecule has 0 aromatic heterocycles. The summed E-state index contributed by atoms with van der Waals surface area (Å²) in [6, 6.07) is 0. The van der Waals surface area contributed by atoms with Gasteiger partial charge in [-0.15, -0.1) is 0 Å². The van der Waals surface area contributed by atoms with Gasteiger partial charge in [-0.3, -0.25) is 4.79 Å². The van der Waals surface area contributed by atoms with Crippen molar-refractivity contribution in [1.29, 1.82) is 0 Å². The highest BCUT2D eigenvalue weighted by Crippen LogP contribution is 2.44. The quantitative estimate of drug-likeness (QED) is 0.759. The molecular formula is C13H22O2. The number of carboxylic acid groups (broad SMARTS) is 1. The third-order valence-electron chi connectivity index (χ3n) is 4.68. The van der Waals surface area contributed by atoms with Gasteiger partial charge in [-0.05, 0) is 37.0 Å². The molecule has 2 fully saturated rings. The van der Waals surface area contributed by atoms with Crippen molar-refractivity contribution >= 4 is 5.97 Å². The molecule has 0 amide bonds. The monoisotopic (exact) mass is 210 g/mol. The Labute approximate surface area is 92.1 Å². The maximum atomic E-state index is 11.0. The Hall–Kier alpha value is -0.530. The Balaban J connectivity index is 1.93. The fraction of sp³-hybridized carbons (Fsp3) is 0.923. The maximum Gasteiger partial charge on any atom is 0.306 e. The summed E-state index contributed by atoms with van der Waals surface area (Å²) in [4.78, 5) is 11.0. The van der Waals surface area contributed by atoms with Crippen LogP contribution < -0.4 is 0 Å². The van der Waals surface area contributed by atoms with Crippen molar-refractivity contribution in [2.45, 2.75) is 51.9 Å². The summed E-state index contributed by atoms with van der Waals surface area (Å²) in [7, 11) is 0. The molecule has 0 aromatic carbocycles. The molecule has 0 heterocycles. The van der Waals surface area contributed by atoms with Gasteiger partial charge in [0.2, 0.25) is 0 Å². The Bertz CT molecular complexity index is 237. The summed E-state index contributed by atoms with van der Waals surface area (Å²) in [6.07, 6.45) is 9.14. The van der Waals surface area contributed by atoms with Crippen LogP contribution in [0.25, 0.3) is 0 Å². The van der Waals surface area contributed by atoms with Crippen molar-refractivity contribution in [2.75, 3.05) is 0 Å². The van der Waals surface area contributed by atoms with E-state index in [1.54, 1.807) is 0 Å². The van der Waals surface area contributed by atoms with Gasteiger partial charge in [0.15, 0.2) is 0 Å². The average molecular weight is 210 g/mol. The minimum Gasteiger partial charge on any atom is -0.481 e. The molecule has 15 heavy (non-hydrogen) atoms. The highest BCUT2D eigenvalue weighted by molar-refractivity contribution is 5.69. The first-order valence-corrected chi connectivity index (χ1v) is 6.41. The third-order valence-corrected chi connectivity index (χ3v) is 4.68. The molecule has 1 N–H and O–H groups in total. The smallest absolute Gasteiger partial charge is 0.306 e. The number of aliphatic carboxylic acids is 1. The fourth-order valence-corrected chi connectivity index (χ4v) is 3.57. The second-order valence-electron chi connectivity index (χ2n) is 5.50. The zero-order valence-corrected chi connectivity index (χ0v) is 9.61. The minimum absolute atomic E-state index is 0.132. The molecule has 4 unspecified atom stereocenters. The van der Waals surface area contributed by atoms with E-state index in [2.05, 4.69) is 0 Å². The second-order valence-corrected chi connectivity index (χ2v) is 5.50. The van der Waals surface area contributed by atoms with Crippen molar-refractivity contribution in [1.82, 2.24) is 0 Å². The Morgan fingerprint density at radius 2 is 1.80 bits per heavy atom. The normalized spacial score (nSPS) is 38.1. The highest BCUT2D eigenvalue weighted by Gasteiger charge is 2.35. The summed E-state index contributed by atoms with van der Waals surface area (Å²) in [5.41, 5.74) is 0. The number of hydrogen-bond acceptors (Lipinski definition) is 1. The Kier molecular flexibility index (Phi) is 3.32. The largest absolute Gasteiger partial charge is 0.481 e. The fourth-order valence-electron chi connectivity index (χ4n) is 3.57. The van der Waals surface area contributed by atoms with E-state index in [9.17, 15) is 4.79 Å². The molecule has 2 saturated carbocycles. The predicted octanol–water partition coefficient (Wildman–Crippen LogP) is 3.31. The molecule has 0 spiro atoms. The summed E-state index contributed by atoms with van der Waals surface area (Å²) in [5.74, 6) is 1.49. The number of carboxylic acids is 1. The molecule has 2 nitrogen and oxygen atoms in total. The zero-order valence-electron chi connectivity index (χ0n) is 9.61. The molecule has 4 atom stereocenters. The van der Waals surface area contributed by atoms with E-state index in [0.29, 0.717) is 5.92 Å². The van der Waals surface area contributed by atoms with Gasteiger partial charge in [0.1, 0.15) is 0 Å². The van der Waals surface area contributed by atoms with Crippen molar-refractivity contribution in [2.24, 2.45) is 23.7 Å². The van der Waals surface area contributed by atoms with Gasteiger partial charge in [-0.2, -0.15) is 0 Å². The molecule has 0 saturated heterocycles. The molecule has 2 aliphatic rings. The molecule has 2 heteroatoms. The van der Waals surface area contributed by atoms with Crippen LogP contribution in [0.5, 0.6) is 0 Å². The summed E-state index contributed by atoms with van der Waals surface area (Å²) in [5, 5.41) is 9.03. The van der Waals surface area contributed by atoms with E-state index < -0.39 is 5.97 Å². The molecule has 2 aliphatic carbocycles. The number of hydrogen-bond donors (Lipinski definition) is 1. The van der Waals surface area contributed by atoms with Crippen LogP contribution in [0.3, 0.4) is 0 Å². The van der Waals surface area contributed by atoms with Crippen molar-refractivity contribution in [3.8, 4) is 0 Å². The lowest BCUT2D eigenvalue weighted by Crippen LogP contribution is -2.32. The lowest BCUT2D eigenvalue weighted by Gasteiger charge is -2.40. The summed E-state index contributed by atoms with van der Waals surface area (Å²) < 4.78 is 0. The first-order valence-electron chi connectivity index (χ1n) is 6.41. The van der Waals surface area contributed by atoms with E-state index in [1.165, 1.54) is 38.5 Å². The SMILES string of the molecule is CC(C(=O)O)C1CCC2CCCCC2C1. The van der Waals surface area contributed by atoms with Crippen LogP contribution >= 0.6 is 0 Å². The van der Waals surface area contributed by atoms with Gasteiger partial charge in [-0.1, -0.05) is 32.6 Å². The summed E-state index contributed by atoms with van der Waals surface area (Å²) in [6.45, 7) is 1.89. The highest BCUT2D eigenvalue weighted by atomic mass is 16.4. The first kappa shape index (κ1) is 11.0. The van der Waals surface area contributed by atoms with Gasteiger partial charge in [0.05, 0.1) is 5.92 Å². The van der Waals surface area contributed by atoms with E-state index in [-0.39, 0.29) is 5.92 Å². The molecule has 0 aromatic rings. The van der Waals surface area contributed by atoms with Gasteiger partial charge in [0.25, 0.3) is 0 Å². The van der Waals surface area contributed by atoms with E-state index in [1.807, 2.05) is 6.92 Å². The van der Waals surface area contributed by atoms with Crippen LogP contribution in [-0.2, 0) is 4.79 Å². The van der Waals surface area contributed by atoms with Crippen LogP contribution in [0, 0.1) is 23.7 Å². The molecule has 86 valence electrons. The standard InChI is InChI=1S/C13H22O2/c1-9(13(14)15)11-7-6-10-4-2-3-5-12(10)8-11/h9-12H,2-8H2,1H3,(H,14,15). The van der Waals surface area contributed by atoms with Crippen LogP contribution in [0.15, 0.2) is 0 Å².